The zero-order valence-corrected chi connectivity index (χ0v) is 9.67. The molecule has 3 nitrogen and oxygen atoms in total. The van der Waals surface area contributed by atoms with Crippen LogP contribution in [0.25, 0.3) is 0 Å². The fraction of sp³-hybridized carbons (Fsp3) is 0.250. The van der Waals surface area contributed by atoms with E-state index >= 15 is 0 Å². The number of carbonyl (C=O) groups is 1. The molecule has 1 rings (SSSR count). The van der Waals surface area contributed by atoms with Gasteiger partial charge in [0.1, 0.15) is 18.1 Å². The second-order valence-corrected chi connectivity index (χ2v) is 3.69. The predicted molar refractivity (Wildman–Crippen MR) is 53.8 cm³/mol. The first-order chi connectivity index (χ1) is 7.37. The maximum absolute atomic E-state index is 12.3. The summed E-state index contributed by atoms with van der Waals surface area (Å²) >= 11 is 1.47. The summed E-state index contributed by atoms with van der Waals surface area (Å²) in [6, 6.07) is 0.808. The van der Waals surface area contributed by atoms with Crippen molar-refractivity contribution < 1.29 is 27.1 Å². The fourth-order valence-corrected chi connectivity index (χ4v) is 1.44. The highest BCUT2D eigenvalue weighted by Crippen LogP contribution is 2.29. The van der Waals surface area contributed by atoms with Gasteiger partial charge in [0.15, 0.2) is 6.29 Å². The van der Waals surface area contributed by atoms with Crippen LogP contribution >= 0.6 is 22.6 Å². The van der Waals surface area contributed by atoms with Gasteiger partial charge in [0.2, 0.25) is 0 Å². The average Bonchev–Trinajstić information content (AvgIpc) is 2.19. The Labute approximate surface area is 101 Å². The number of aromatic nitrogens is 1. The molecule has 0 spiro atoms. The molecule has 1 aromatic heterocycles. The minimum Gasteiger partial charge on any atom is -0.405 e. The van der Waals surface area contributed by atoms with Gasteiger partial charge in [-0.2, -0.15) is 0 Å². The van der Waals surface area contributed by atoms with E-state index in [2.05, 4.69) is 9.72 Å². The van der Waals surface area contributed by atoms with Crippen LogP contribution in [0, 0.1) is 3.57 Å². The topological polar surface area (TPSA) is 39.2 Å². The van der Waals surface area contributed by atoms with Gasteiger partial charge in [-0.1, -0.05) is 0 Å². The van der Waals surface area contributed by atoms with Crippen LogP contribution in [0.2, 0.25) is 0 Å². The quantitative estimate of drug-likeness (QED) is 0.479. The van der Waals surface area contributed by atoms with Crippen molar-refractivity contribution in [1.82, 2.24) is 4.98 Å². The van der Waals surface area contributed by atoms with Crippen LogP contribution in [0.1, 0.15) is 16.2 Å². The molecule has 0 saturated carbocycles. The number of carbonyl (C=O) groups excluding carboxylic acids is 1. The lowest BCUT2D eigenvalue weighted by Crippen LogP contribution is -2.18. The number of pyridine rings is 1. The van der Waals surface area contributed by atoms with Crippen LogP contribution in [-0.4, -0.2) is 17.6 Å². The molecule has 0 radical (unpaired) electrons. The molecular weight excluding hydrogens is 345 g/mol. The molecule has 1 heterocycles. The largest absolute Gasteiger partial charge is 0.573 e. The third kappa shape index (κ3) is 3.29. The summed E-state index contributed by atoms with van der Waals surface area (Å²) in [5, 5.41) is 0. The summed E-state index contributed by atoms with van der Waals surface area (Å²) in [5.41, 5.74) is -0.572. The summed E-state index contributed by atoms with van der Waals surface area (Å²) in [4.78, 5) is 14.0. The number of halogens is 5. The zero-order valence-electron chi connectivity index (χ0n) is 7.52. The monoisotopic (exact) mass is 349 g/mol. The molecule has 0 atom stereocenters. The van der Waals surface area contributed by atoms with Gasteiger partial charge in [-0.3, -0.25) is 4.79 Å². The number of hydrogen-bond acceptors (Lipinski definition) is 3. The van der Waals surface area contributed by atoms with Crippen molar-refractivity contribution >= 4 is 28.9 Å². The molecular formula is C8H4F4INO2. The van der Waals surface area contributed by atoms with Gasteiger partial charge < -0.3 is 4.74 Å². The Hall–Kier alpha value is -0.930. The van der Waals surface area contributed by atoms with E-state index < -0.39 is 18.8 Å². The highest BCUT2D eigenvalue weighted by Gasteiger charge is 2.32. The standard InChI is InChI=1S/C8H4F4INO2/c9-2-4-1-6(16-8(10,11)12)7(13)5(3-15)14-4/h1,3H,2H2. The summed E-state index contributed by atoms with van der Waals surface area (Å²) < 4.78 is 51.7. The van der Waals surface area contributed by atoms with E-state index in [1.165, 1.54) is 22.6 Å². The molecule has 0 amide bonds. The molecule has 1 aromatic rings. The van der Waals surface area contributed by atoms with E-state index in [4.69, 9.17) is 0 Å². The fourth-order valence-electron chi connectivity index (χ4n) is 0.922. The summed E-state index contributed by atoms with van der Waals surface area (Å²) in [6.07, 6.45) is -4.65. The minimum absolute atomic E-state index is 0.109. The van der Waals surface area contributed by atoms with Crippen LogP contribution in [0.15, 0.2) is 6.07 Å². The van der Waals surface area contributed by atoms with Crippen LogP contribution < -0.4 is 4.74 Å². The SMILES string of the molecule is O=Cc1nc(CF)cc(OC(F)(F)F)c1I. The molecule has 8 heteroatoms. The van der Waals surface area contributed by atoms with E-state index in [0.717, 1.165) is 6.07 Å². The van der Waals surface area contributed by atoms with Crippen molar-refractivity contribution in [2.75, 3.05) is 0 Å². The van der Waals surface area contributed by atoms with Gasteiger partial charge in [-0.05, 0) is 22.6 Å². The summed E-state index contributed by atoms with van der Waals surface area (Å²) in [6.45, 7) is -1.08. The van der Waals surface area contributed by atoms with Crippen molar-refractivity contribution in [2.24, 2.45) is 0 Å². The third-order valence-corrected chi connectivity index (χ3v) is 2.56. The number of aldehydes is 1. The second kappa shape index (κ2) is 4.93. The van der Waals surface area contributed by atoms with Gasteiger partial charge in [-0.25, -0.2) is 9.37 Å². The van der Waals surface area contributed by atoms with Crippen molar-refractivity contribution in [3.63, 3.8) is 0 Å². The lowest BCUT2D eigenvalue weighted by Gasteiger charge is -2.12. The Morgan fingerprint density at radius 2 is 2.12 bits per heavy atom. The van der Waals surface area contributed by atoms with Gasteiger partial charge >= 0.3 is 6.36 Å². The third-order valence-electron chi connectivity index (χ3n) is 1.48. The zero-order chi connectivity index (χ0) is 12.3. The highest BCUT2D eigenvalue weighted by atomic mass is 127. The smallest absolute Gasteiger partial charge is 0.405 e. The lowest BCUT2D eigenvalue weighted by molar-refractivity contribution is -0.275. The summed E-state index contributed by atoms with van der Waals surface area (Å²) in [7, 11) is 0. The molecule has 0 bridgehead atoms. The van der Waals surface area contributed by atoms with Crippen molar-refractivity contribution in [3.05, 3.63) is 21.0 Å². The second-order valence-electron chi connectivity index (χ2n) is 2.61. The maximum Gasteiger partial charge on any atom is 0.573 e. The Morgan fingerprint density at radius 3 is 2.56 bits per heavy atom. The van der Waals surface area contributed by atoms with E-state index in [-0.39, 0.29) is 21.2 Å². The van der Waals surface area contributed by atoms with Crippen LogP contribution in [0.4, 0.5) is 17.6 Å². The van der Waals surface area contributed by atoms with Crippen molar-refractivity contribution in [2.45, 2.75) is 13.0 Å². The molecule has 88 valence electrons. The Morgan fingerprint density at radius 1 is 1.50 bits per heavy atom. The Balaban J connectivity index is 3.21. The summed E-state index contributed by atoms with van der Waals surface area (Å²) in [5.74, 6) is -0.627. The van der Waals surface area contributed by atoms with E-state index in [1.54, 1.807) is 0 Å². The minimum atomic E-state index is -4.89. The molecule has 0 unspecified atom stereocenters. The van der Waals surface area contributed by atoms with Gasteiger partial charge in [0.25, 0.3) is 0 Å². The highest BCUT2D eigenvalue weighted by molar-refractivity contribution is 14.1. The Bertz CT molecular complexity index is 408. The number of rotatable bonds is 3. The number of hydrogen-bond donors (Lipinski definition) is 0. The molecule has 0 fully saturated rings. The van der Waals surface area contributed by atoms with E-state index in [1.807, 2.05) is 0 Å². The first-order valence-corrected chi connectivity index (χ1v) is 4.91. The predicted octanol–water partition coefficient (Wildman–Crippen LogP) is 2.87. The van der Waals surface area contributed by atoms with Crippen LogP contribution in [0.3, 0.4) is 0 Å². The van der Waals surface area contributed by atoms with Gasteiger partial charge in [0.05, 0.1) is 9.26 Å². The van der Waals surface area contributed by atoms with Crippen molar-refractivity contribution in [3.8, 4) is 5.75 Å². The molecule has 0 aliphatic heterocycles. The van der Waals surface area contributed by atoms with Gasteiger partial charge in [0, 0.05) is 6.07 Å². The molecule has 0 N–H and O–H groups in total. The number of ether oxygens (including phenoxy) is 1. The molecule has 0 aromatic carbocycles. The maximum atomic E-state index is 12.3. The van der Waals surface area contributed by atoms with E-state index in [0.29, 0.717) is 0 Å². The van der Waals surface area contributed by atoms with Gasteiger partial charge in [-0.15, -0.1) is 13.2 Å². The average molecular weight is 349 g/mol. The number of nitrogens with zero attached hydrogens (tertiary/aromatic N) is 1. The van der Waals surface area contributed by atoms with Crippen molar-refractivity contribution in [1.29, 1.82) is 0 Å². The van der Waals surface area contributed by atoms with E-state index in [9.17, 15) is 22.4 Å². The first-order valence-electron chi connectivity index (χ1n) is 3.83. The number of alkyl halides is 4. The molecule has 0 aliphatic rings. The Kier molecular flexibility index (Phi) is 4.05. The molecule has 16 heavy (non-hydrogen) atoms. The molecule has 0 saturated heterocycles. The normalized spacial score (nSPS) is 11.3. The molecule has 0 aliphatic carbocycles. The first kappa shape index (κ1) is 13.1. The van der Waals surface area contributed by atoms with Crippen LogP contribution in [0.5, 0.6) is 5.75 Å². The lowest BCUT2D eigenvalue weighted by atomic mass is 10.3. The van der Waals surface area contributed by atoms with Crippen LogP contribution in [-0.2, 0) is 6.67 Å².